The minimum Gasteiger partial charge on any atom is -0.493 e. The van der Waals surface area contributed by atoms with Crippen LogP contribution in [0.4, 0.5) is 10.5 Å². The smallest absolute Gasteiger partial charge is 0.343 e. The molecule has 0 aromatic heterocycles. The van der Waals surface area contributed by atoms with Crippen LogP contribution in [0.3, 0.4) is 0 Å². The van der Waals surface area contributed by atoms with Crippen molar-refractivity contribution in [3.8, 4) is 11.5 Å². The normalized spacial score (nSPS) is 14.6. The van der Waals surface area contributed by atoms with Gasteiger partial charge in [0.1, 0.15) is 5.57 Å². The van der Waals surface area contributed by atoms with Crippen molar-refractivity contribution in [2.24, 2.45) is 0 Å². The topological polar surface area (TPSA) is 111 Å². The molecule has 2 aromatic rings. The first-order valence-electron chi connectivity index (χ1n) is 10.7. The van der Waals surface area contributed by atoms with E-state index in [2.05, 4.69) is 16.6 Å². The summed E-state index contributed by atoms with van der Waals surface area (Å²) in [4.78, 5) is 50.8. The van der Waals surface area contributed by atoms with Gasteiger partial charge < -0.3 is 14.2 Å². The number of rotatable bonds is 8. The molecule has 0 spiro atoms. The zero-order valence-corrected chi connectivity index (χ0v) is 20.0. The quantitative estimate of drug-likeness (QED) is 0.268. The molecule has 0 atom stereocenters. The van der Waals surface area contributed by atoms with Crippen LogP contribution in [-0.2, 0) is 25.5 Å². The number of esters is 1. The minimum absolute atomic E-state index is 0.224. The Bertz CT molecular complexity index is 1250. The maximum absolute atomic E-state index is 13.2. The number of barbiturate groups is 1. The number of hydrogen-bond acceptors (Lipinski definition) is 7. The average Bonchev–Trinajstić information content (AvgIpc) is 2.82. The second-order valence-corrected chi connectivity index (χ2v) is 7.80. The molecule has 4 amide bonds. The predicted molar refractivity (Wildman–Crippen MR) is 129 cm³/mol. The SMILES string of the molecule is C=CCc1cc(/C=C2\C(=O)NC(=O)N(c3ccc(C)c(C)c3)C2=O)cc(OC)c1OCC(=O)OC. The van der Waals surface area contributed by atoms with Crippen molar-refractivity contribution in [3.63, 3.8) is 0 Å². The van der Waals surface area contributed by atoms with Gasteiger partial charge in [0.25, 0.3) is 11.8 Å². The molecule has 1 heterocycles. The highest BCUT2D eigenvalue weighted by molar-refractivity contribution is 6.39. The van der Waals surface area contributed by atoms with Crippen molar-refractivity contribution in [1.82, 2.24) is 5.32 Å². The van der Waals surface area contributed by atoms with Crippen LogP contribution in [0.15, 0.2) is 48.6 Å². The van der Waals surface area contributed by atoms with E-state index in [4.69, 9.17) is 9.47 Å². The Morgan fingerprint density at radius 2 is 1.83 bits per heavy atom. The summed E-state index contributed by atoms with van der Waals surface area (Å²) in [5.74, 6) is -1.53. The van der Waals surface area contributed by atoms with Crippen LogP contribution in [0.5, 0.6) is 11.5 Å². The molecule has 182 valence electrons. The molecule has 0 aliphatic carbocycles. The van der Waals surface area contributed by atoms with Crippen LogP contribution >= 0.6 is 0 Å². The fourth-order valence-corrected chi connectivity index (χ4v) is 3.50. The Hall–Kier alpha value is -4.40. The Morgan fingerprint density at radius 3 is 2.46 bits per heavy atom. The number of hydrogen-bond donors (Lipinski definition) is 1. The van der Waals surface area contributed by atoms with Crippen LogP contribution in [-0.4, -0.2) is 44.6 Å². The van der Waals surface area contributed by atoms with Crippen molar-refractivity contribution < 1.29 is 33.4 Å². The predicted octanol–water partition coefficient (Wildman–Crippen LogP) is 3.26. The number of urea groups is 1. The molecule has 2 aromatic carbocycles. The minimum atomic E-state index is -0.822. The van der Waals surface area contributed by atoms with Crippen molar-refractivity contribution in [2.75, 3.05) is 25.7 Å². The van der Waals surface area contributed by atoms with Crippen molar-refractivity contribution in [1.29, 1.82) is 0 Å². The third-order valence-corrected chi connectivity index (χ3v) is 5.46. The number of nitrogens with zero attached hydrogens (tertiary/aromatic N) is 1. The zero-order chi connectivity index (χ0) is 25.7. The van der Waals surface area contributed by atoms with Crippen LogP contribution < -0.4 is 19.7 Å². The molecule has 0 saturated carbocycles. The standard InChI is InChI=1S/C26H26N2O7/c1-6-7-18-11-17(13-21(33-4)23(18)35-14-22(29)34-5)12-20-24(30)27-26(32)28(25(20)31)19-9-8-15(2)16(3)10-19/h6,8-13H,1,7,14H2,2-5H3,(H,27,30,32)/b20-12+. The number of anilines is 1. The van der Waals surface area contributed by atoms with Crippen LogP contribution in [0.2, 0.25) is 0 Å². The van der Waals surface area contributed by atoms with E-state index in [0.717, 1.165) is 16.0 Å². The maximum atomic E-state index is 13.2. The fourth-order valence-electron chi connectivity index (χ4n) is 3.50. The lowest BCUT2D eigenvalue weighted by molar-refractivity contribution is -0.143. The van der Waals surface area contributed by atoms with Crippen LogP contribution in [0, 0.1) is 13.8 Å². The molecule has 35 heavy (non-hydrogen) atoms. The molecule has 9 nitrogen and oxygen atoms in total. The fraction of sp³-hybridized carbons (Fsp3) is 0.231. The highest BCUT2D eigenvalue weighted by Gasteiger charge is 2.37. The van der Waals surface area contributed by atoms with Gasteiger partial charge in [-0.25, -0.2) is 14.5 Å². The number of imide groups is 2. The largest absolute Gasteiger partial charge is 0.493 e. The summed E-state index contributed by atoms with van der Waals surface area (Å²) in [5, 5.41) is 2.22. The summed E-state index contributed by atoms with van der Waals surface area (Å²) in [5.41, 5.74) is 3.09. The highest BCUT2D eigenvalue weighted by atomic mass is 16.6. The number of amides is 4. The number of allylic oxidation sites excluding steroid dienone is 1. The van der Waals surface area contributed by atoms with Gasteiger partial charge >= 0.3 is 12.0 Å². The van der Waals surface area contributed by atoms with Gasteiger partial charge in [-0.2, -0.15) is 0 Å². The monoisotopic (exact) mass is 478 g/mol. The van der Waals surface area contributed by atoms with Crippen LogP contribution in [0.1, 0.15) is 22.3 Å². The number of aryl methyl sites for hydroxylation is 2. The van der Waals surface area contributed by atoms with E-state index < -0.39 is 23.8 Å². The number of ether oxygens (including phenoxy) is 3. The number of benzene rings is 2. The molecule has 9 heteroatoms. The average molecular weight is 479 g/mol. The first kappa shape index (κ1) is 25.2. The molecule has 0 bridgehead atoms. The summed E-state index contributed by atoms with van der Waals surface area (Å²) in [6.07, 6.45) is 3.37. The Kier molecular flexibility index (Phi) is 7.70. The molecule has 1 N–H and O–H groups in total. The Balaban J connectivity index is 2.04. The van der Waals surface area contributed by atoms with Gasteiger partial charge in [-0.15, -0.1) is 6.58 Å². The number of methoxy groups -OCH3 is 2. The number of carbonyl (C=O) groups excluding carboxylic acids is 4. The van der Waals surface area contributed by atoms with Crippen LogP contribution in [0.25, 0.3) is 6.08 Å². The lowest BCUT2D eigenvalue weighted by Gasteiger charge is -2.27. The third-order valence-electron chi connectivity index (χ3n) is 5.46. The van der Waals surface area contributed by atoms with E-state index in [1.165, 1.54) is 20.3 Å². The summed E-state index contributed by atoms with van der Waals surface area (Å²) < 4.78 is 15.6. The molecule has 3 rings (SSSR count). The van der Waals surface area contributed by atoms with Crippen molar-refractivity contribution >= 4 is 35.6 Å². The number of nitrogens with one attached hydrogen (secondary N) is 1. The molecular weight excluding hydrogens is 452 g/mol. The molecule has 1 saturated heterocycles. The Morgan fingerprint density at radius 1 is 1.09 bits per heavy atom. The summed E-state index contributed by atoms with van der Waals surface area (Å²) >= 11 is 0. The van der Waals surface area contributed by atoms with Crippen molar-refractivity contribution in [3.05, 3.63) is 70.8 Å². The van der Waals surface area contributed by atoms with E-state index >= 15 is 0 Å². The molecule has 1 aliphatic heterocycles. The lowest BCUT2D eigenvalue weighted by Crippen LogP contribution is -2.54. The summed E-state index contributed by atoms with van der Waals surface area (Å²) in [7, 11) is 2.68. The summed E-state index contributed by atoms with van der Waals surface area (Å²) in [6.45, 7) is 7.19. The van der Waals surface area contributed by atoms with E-state index in [1.807, 2.05) is 13.8 Å². The van der Waals surface area contributed by atoms with Gasteiger partial charge in [-0.05, 0) is 67.3 Å². The zero-order valence-electron chi connectivity index (χ0n) is 20.0. The van der Waals surface area contributed by atoms with Gasteiger partial charge in [0, 0.05) is 5.56 Å². The van der Waals surface area contributed by atoms with Gasteiger partial charge in [0.05, 0.1) is 19.9 Å². The van der Waals surface area contributed by atoms with Gasteiger partial charge in [0.2, 0.25) is 0 Å². The van der Waals surface area contributed by atoms with E-state index in [9.17, 15) is 19.2 Å². The van der Waals surface area contributed by atoms with E-state index in [-0.39, 0.29) is 17.9 Å². The first-order chi connectivity index (χ1) is 16.7. The van der Waals surface area contributed by atoms with Gasteiger partial charge in [-0.1, -0.05) is 12.1 Å². The van der Waals surface area contributed by atoms with E-state index in [0.29, 0.717) is 29.0 Å². The molecule has 0 unspecified atom stereocenters. The third kappa shape index (κ3) is 5.40. The molecule has 1 aliphatic rings. The highest BCUT2D eigenvalue weighted by Crippen LogP contribution is 2.35. The molecular formula is C26H26N2O7. The second kappa shape index (κ2) is 10.7. The number of carbonyl (C=O) groups is 4. The van der Waals surface area contributed by atoms with Gasteiger partial charge in [-0.3, -0.25) is 14.9 Å². The Labute approximate surface area is 203 Å². The lowest BCUT2D eigenvalue weighted by atomic mass is 10.0. The van der Waals surface area contributed by atoms with E-state index in [1.54, 1.807) is 36.4 Å². The second-order valence-electron chi connectivity index (χ2n) is 7.80. The molecule has 1 fully saturated rings. The molecule has 0 radical (unpaired) electrons. The maximum Gasteiger partial charge on any atom is 0.343 e. The van der Waals surface area contributed by atoms with Gasteiger partial charge in [0.15, 0.2) is 18.1 Å². The first-order valence-corrected chi connectivity index (χ1v) is 10.7. The van der Waals surface area contributed by atoms with Crippen molar-refractivity contribution in [2.45, 2.75) is 20.3 Å². The summed E-state index contributed by atoms with van der Waals surface area (Å²) in [6, 6.07) is 7.57.